The van der Waals surface area contributed by atoms with Crippen LogP contribution in [0.2, 0.25) is 0 Å². The summed E-state index contributed by atoms with van der Waals surface area (Å²) in [5, 5.41) is 3.56. The summed E-state index contributed by atoms with van der Waals surface area (Å²) in [4.78, 5) is 8.89. The molecule has 1 N–H and O–H groups in total. The van der Waals surface area contributed by atoms with Crippen LogP contribution in [0.1, 0.15) is 44.1 Å². The molecule has 0 bridgehead atoms. The first kappa shape index (κ1) is 13.6. The SMILES string of the molecule is CCc1cc(NC2CCCCC2CCl)nc(C)n1. The molecule has 2 atom stereocenters. The maximum atomic E-state index is 6.06. The maximum Gasteiger partial charge on any atom is 0.130 e. The molecule has 1 aliphatic carbocycles. The van der Waals surface area contributed by atoms with Crippen molar-refractivity contribution in [3.63, 3.8) is 0 Å². The molecule has 1 heterocycles. The Morgan fingerprint density at radius 1 is 1.33 bits per heavy atom. The summed E-state index contributed by atoms with van der Waals surface area (Å²) in [5.74, 6) is 3.11. The Balaban J connectivity index is 2.09. The number of nitrogens with one attached hydrogen (secondary N) is 1. The van der Waals surface area contributed by atoms with Gasteiger partial charge in [0.15, 0.2) is 0 Å². The minimum atomic E-state index is 0.468. The molecular weight excluding hydrogens is 246 g/mol. The number of nitrogens with zero attached hydrogens (tertiary/aromatic N) is 2. The van der Waals surface area contributed by atoms with Gasteiger partial charge in [0.2, 0.25) is 0 Å². The predicted molar refractivity (Wildman–Crippen MR) is 76.2 cm³/mol. The lowest BCUT2D eigenvalue weighted by Crippen LogP contribution is -2.33. The van der Waals surface area contributed by atoms with Crippen LogP contribution in [0.15, 0.2) is 6.07 Å². The van der Waals surface area contributed by atoms with Gasteiger partial charge in [-0.2, -0.15) is 0 Å². The van der Waals surface area contributed by atoms with E-state index >= 15 is 0 Å². The molecular formula is C14H22ClN3. The van der Waals surface area contributed by atoms with Gasteiger partial charge in [0, 0.05) is 23.7 Å². The van der Waals surface area contributed by atoms with Gasteiger partial charge in [-0.05, 0) is 32.1 Å². The average Bonchev–Trinajstić information content (AvgIpc) is 2.38. The minimum Gasteiger partial charge on any atom is -0.367 e. The van der Waals surface area contributed by atoms with Crippen LogP contribution in [0.3, 0.4) is 0 Å². The number of rotatable bonds is 4. The highest BCUT2D eigenvalue weighted by Crippen LogP contribution is 2.27. The molecule has 4 heteroatoms. The second-order valence-corrected chi connectivity index (χ2v) is 5.40. The molecule has 3 nitrogen and oxygen atoms in total. The Hall–Kier alpha value is -0.830. The van der Waals surface area contributed by atoms with Crippen molar-refractivity contribution in [2.24, 2.45) is 5.92 Å². The summed E-state index contributed by atoms with van der Waals surface area (Å²) < 4.78 is 0. The molecule has 1 aromatic heterocycles. The van der Waals surface area contributed by atoms with Crippen LogP contribution in [0.4, 0.5) is 5.82 Å². The van der Waals surface area contributed by atoms with E-state index in [4.69, 9.17) is 11.6 Å². The van der Waals surface area contributed by atoms with E-state index in [0.29, 0.717) is 12.0 Å². The zero-order valence-corrected chi connectivity index (χ0v) is 12.0. The van der Waals surface area contributed by atoms with Gasteiger partial charge in [-0.15, -0.1) is 11.6 Å². The van der Waals surface area contributed by atoms with E-state index in [1.54, 1.807) is 0 Å². The Labute approximate surface area is 114 Å². The van der Waals surface area contributed by atoms with Gasteiger partial charge in [-0.3, -0.25) is 0 Å². The van der Waals surface area contributed by atoms with Crippen LogP contribution in [-0.4, -0.2) is 21.9 Å². The fourth-order valence-electron chi connectivity index (χ4n) is 2.66. The van der Waals surface area contributed by atoms with Crippen molar-refractivity contribution in [2.75, 3.05) is 11.2 Å². The zero-order valence-electron chi connectivity index (χ0n) is 11.2. The molecule has 100 valence electrons. The highest BCUT2D eigenvalue weighted by molar-refractivity contribution is 6.18. The van der Waals surface area contributed by atoms with Crippen molar-refractivity contribution >= 4 is 17.4 Å². The summed E-state index contributed by atoms with van der Waals surface area (Å²) >= 11 is 6.06. The smallest absolute Gasteiger partial charge is 0.130 e. The molecule has 0 aromatic carbocycles. The predicted octanol–water partition coefficient (Wildman–Crippen LogP) is 3.56. The third-order valence-corrected chi connectivity index (χ3v) is 4.09. The first-order valence-corrected chi connectivity index (χ1v) is 7.43. The van der Waals surface area contributed by atoms with Gasteiger partial charge in [0.25, 0.3) is 0 Å². The molecule has 2 unspecified atom stereocenters. The quantitative estimate of drug-likeness (QED) is 0.848. The Morgan fingerprint density at radius 3 is 2.83 bits per heavy atom. The molecule has 1 aliphatic rings. The number of hydrogen-bond donors (Lipinski definition) is 1. The van der Waals surface area contributed by atoms with Crippen LogP contribution in [-0.2, 0) is 6.42 Å². The first-order valence-electron chi connectivity index (χ1n) is 6.90. The van der Waals surface area contributed by atoms with Crippen LogP contribution in [0.25, 0.3) is 0 Å². The Bertz CT molecular complexity index is 395. The van der Waals surface area contributed by atoms with Crippen molar-refractivity contribution in [3.8, 4) is 0 Å². The van der Waals surface area contributed by atoms with Gasteiger partial charge in [-0.25, -0.2) is 9.97 Å². The van der Waals surface area contributed by atoms with Crippen molar-refractivity contribution in [3.05, 3.63) is 17.6 Å². The van der Waals surface area contributed by atoms with Crippen molar-refractivity contribution in [1.82, 2.24) is 9.97 Å². The largest absolute Gasteiger partial charge is 0.367 e. The van der Waals surface area contributed by atoms with Gasteiger partial charge >= 0.3 is 0 Å². The fourth-order valence-corrected chi connectivity index (χ4v) is 3.03. The highest BCUT2D eigenvalue weighted by Gasteiger charge is 2.24. The average molecular weight is 268 g/mol. The zero-order chi connectivity index (χ0) is 13.0. The normalized spacial score (nSPS) is 23.9. The molecule has 0 amide bonds. The van der Waals surface area contributed by atoms with Crippen molar-refractivity contribution < 1.29 is 0 Å². The number of halogens is 1. The Kier molecular flexibility index (Phi) is 4.81. The second kappa shape index (κ2) is 6.37. The summed E-state index contributed by atoms with van der Waals surface area (Å²) in [6.45, 7) is 4.07. The van der Waals surface area contributed by atoms with Gasteiger partial charge in [0.1, 0.15) is 11.6 Å². The summed E-state index contributed by atoms with van der Waals surface area (Å²) in [7, 11) is 0. The molecule has 1 fully saturated rings. The number of aryl methyl sites for hydroxylation is 2. The number of hydrogen-bond acceptors (Lipinski definition) is 3. The van der Waals surface area contributed by atoms with E-state index in [1.165, 1.54) is 25.7 Å². The minimum absolute atomic E-state index is 0.468. The van der Waals surface area contributed by atoms with Crippen LogP contribution < -0.4 is 5.32 Å². The molecule has 1 saturated carbocycles. The van der Waals surface area contributed by atoms with E-state index < -0.39 is 0 Å². The fraction of sp³-hybridized carbons (Fsp3) is 0.714. The van der Waals surface area contributed by atoms with Crippen molar-refractivity contribution in [1.29, 1.82) is 0 Å². The summed E-state index contributed by atoms with van der Waals surface area (Å²) in [6.07, 6.45) is 5.96. The topological polar surface area (TPSA) is 37.8 Å². The van der Waals surface area contributed by atoms with E-state index in [1.807, 2.05) is 6.92 Å². The van der Waals surface area contributed by atoms with E-state index in [9.17, 15) is 0 Å². The van der Waals surface area contributed by atoms with Gasteiger partial charge < -0.3 is 5.32 Å². The number of alkyl halides is 1. The standard InChI is InChI=1S/C14H22ClN3/c1-3-12-8-14(17-10(2)16-12)18-13-7-5-4-6-11(13)9-15/h8,11,13H,3-7,9H2,1-2H3,(H,16,17,18). The van der Waals surface area contributed by atoms with Crippen molar-refractivity contribution in [2.45, 2.75) is 52.0 Å². The third kappa shape index (κ3) is 3.35. The van der Waals surface area contributed by atoms with Crippen LogP contribution in [0, 0.1) is 12.8 Å². The molecule has 0 spiro atoms. The van der Waals surface area contributed by atoms with Gasteiger partial charge in [0.05, 0.1) is 0 Å². The molecule has 2 rings (SSSR count). The molecule has 1 aromatic rings. The van der Waals surface area contributed by atoms with E-state index in [2.05, 4.69) is 28.3 Å². The molecule has 18 heavy (non-hydrogen) atoms. The Morgan fingerprint density at radius 2 is 2.11 bits per heavy atom. The maximum absolute atomic E-state index is 6.06. The van der Waals surface area contributed by atoms with Gasteiger partial charge in [-0.1, -0.05) is 19.8 Å². The lowest BCUT2D eigenvalue weighted by atomic mass is 9.86. The number of aromatic nitrogens is 2. The van der Waals surface area contributed by atoms with E-state index in [-0.39, 0.29) is 0 Å². The third-order valence-electron chi connectivity index (χ3n) is 3.69. The van der Waals surface area contributed by atoms with Crippen LogP contribution >= 0.6 is 11.6 Å². The summed E-state index contributed by atoms with van der Waals surface area (Å²) in [6, 6.07) is 2.53. The highest BCUT2D eigenvalue weighted by atomic mass is 35.5. The molecule has 0 aliphatic heterocycles. The first-order chi connectivity index (χ1) is 8.72. The molecule has 0 radical (unpaired) electrons. The monoisotopic (exact) mass is 267 g/mol. The lowest BCUT2D eigenvalue weighted by Gasteiger charge is -2.31. The second-order valence-electron chi connectivity index (χ2n) is 5.09. The summed E-state index contributed by atoms with van der Waals surface area (Å²) in [5.41, 5.74) is 1.10. The van der Waals surface area contributed by atoms with E-state index in [0.717, 1.165) is 29.6 Å². The molecule has 0 saturated heterocycles. The number of anilines is 1. The van der Waals surface area contributed by atoms with Crippen LogP contribution in [0.5, 0.6) is 0 Å². The lowest BCUT2D eigenvalue weighted by molar-refractivity contribution is 0.352.